The van der Waals surface area contributed by atoms with Crippen LogP contribution in [0.1, 0.15) is 16.7 Å². The maximum atomic E-state index is 12.7. The van der Waals surface area contributed by atoms with Crippen molar-refractivity contribution in [1.29, 1.82) is 0 Å². The number of benzene rings is 2. The second-order valence-electron chi connectivity index (χ2n) is 5.24. The number of nitrogens with one attached hydrogen (secondary N) is 2. The minimum absolute atomic E-state index is 0.396. The van der Waals surface area contributed by atoms with Gasteiger partial charge in [0, 0.05) is 17.3 Å². The Balaban J connectivity index is 1.88. The molecule has 2 aromatic carbocycles. The molecule has 0 unspecified atom stereocenters. The average molecular weight is 373 g/mol. The van der Waals surface area contributed by atoms with Gasteiger partial charge in [0.15, 0.2) is 5.11 Å². The molecule has 2 nitrogen and oxygen atoms in total. The molecule has 0 saturated carbocycles. The number of thiocarbonyl (C=S) groups is 1. The molecule has 0 radical (unpaired) electrons. The molecule has 24 heavy (non-hydrogen) atoms. The van der Waals surface area contributed by atoms with E-state index < -0.39 is 11.7 Å². The summed E-state index contributed by atoms with van der Waals surface area (Å²) in [4.78, 5) is 0. The first-order valence-electron chi connectivity index (χ1n) is 7.23. The fraction of sp³-hybridized carbons (Fsp3) is 0.235. The predicted molar refractivity (Wildman–Crippen MR) is 95.6 cm³/mol. The summed E-state index contributed by atoms with van der Waals surface area (Å²) < 4.78 is 38.0. The Morgan fingerprint density at radius 3 is 2.58 bits per heavy atom. The van der Waals surface area contributed by atoms with Crippen LogP contribution in [0.2, 0.25) is 5.02 Å². The average Bonchev–Trinajstić information content (AvgIpc) is 2.51. The highest BCUT2D eigenvalue weighted by atomic mass is 35.5. The molecule has 0 bridgehead atoms. The molecular formula is C17H16ClF3N2S. The summed E-state index contributed by atoms with van der Waals surface area (Å²) in [5.74, 6) is 0. The second-order valence-corrected chi connectivity index (χ2v) is 6.06. The van der Waals surface area contributed by atoms with E-state index in [0.29, 0.717) is 28.7 Å². The van der Waals surface area contributed by atoms with Crippen molar-refractivity contribution >= 4 is 34.6 Å². The lowest BCUT2D eigenvalue weighted by atomic mass is 10.1. The van der Waals surface area contributed by atoms with Gasteiger partial charge in [-0.05, 0) is 54.9 Å². The van der Waals surface area contributed by atoms with Crippen LogP contribution in [0.15, 0.2) is 42.5 Å². The summed E-state index contributed by atoms with van der Waals surface area (Å²) in [5, 5.41) is 7.04. The number of rotatable bonds is 4. The topological polar surface area (TPSA) is 24.1 Å². The molecule has 7 heteroatoms. The van der Waals surface area contributed by atoms with Gasteiger partial charge in [0.25, 0.3) is 0 Å². The Bertz CT molecular complexity index is 732. The third kappa shape index (κ3) is 5.11. The van der Waals surface area contributed by atoms with Crippen molar-refractivity contribution in [2.24, 2.45) is 0 Å². The zero-order valence-corrected chi connectivity index (χ0v) is 14.4. The second kappa shape index (κ2) is 7.85. The van der Waals surface area contributed by atoms with Gasteiger partial charge in [0.1, 0.15) is 0 Å². The minimum Gasteiger partial charge on any atom is -0.362 e. The molecule has 0 aliphatic heterocycles. The molecule has 0 amide bonds. The normalized spacial score (nSPS) is 11.2. The van der Waals surface area contributed by atoms with Gasteiger partial charge in [-0.3, -0.25) is 0 Å². The minimum atomic E-state index is -4.33. The van der Waals surface area contributed by atoms with E-state index in [4.69, 9.17) is 23.8 Å². The Hall–Kier alpha value is -1.79. The summed E-state index contributed by atoms with van der Waals surface area (Å²) in [6.07, 6.45) is -3.90. The van der Waals surface area contributed by atoms with E-state index in [1.165, 1.54) is 6.07 Å². The van der Waals surface area contributed by atoms with Crippen molar-refractivity contribution in [2.45, 2.75) is 19.5 Å². The quantitative estimate of drug-likeness (QED) is 0.721. The highest BCUT2D eigenvalue weighted by Crippen LogP contribution is 2.29. The van der Waals surface area contributed by atoms with E-state index in [-0.39, 0.29) is 0 Å². The van der Waals surface area contributed by atoms with E-state index in [1.54, 1.807) is 12.1 Å². The smallest absolute Gasteiger partial charge is 0.362 e. The van der Waals surface area contributed by atoms with Crippen molar-refractivity contribution in [3.8, 4) is 0 Å². The van der Waals surface area contributed by atoms with Crippen molar-refractivity contribution in [3.63, 3.8) is 0 Å². The van der Waals surface area contributed by atoms with Crippen LogP contribution in [0.4, 0.5) is 18.9 Å². The first kappa shape index (κ1) is 18.5. The molecule has 0 atom stereocenters. The summed E-state index contributed by atoms with van der Waals surface area (Å²) >= 11 is 11.2. The monoisotopic (exact) mass is 372 g/mol. The molecule has 0 aliphatic rings. The van der Waals surface area contributed by atoms with E-state index in [1.807, 2.05) is 19.1 Å². The molecule has 0 aliphatic carbocycles. The maximum absolute atomic E-state index is 12.7. The molecule has 0 heterocycles. The Labute approximate surface area is 149 Å². The lowest BCUT2D eigenvalue weighted by Crippen LogP contribution is -2.30. The van der Waals surface area contributed by atoms with Gasteiger partial charge >= 0.3 is 6.18 Å². The molecule has 0 saturated heterocycles. The van der Waals surface area contributed by atoms with Crippen LogP contribution in [-0.2, 0) is 12.6 Å². The third-order valence-electron chi connectivity index (χ3n) is 3.47. The van der Waals surface area contributed by atoms with Gasteiger partial charge in [0.05, 0.1) is 5.56 Å². The molecular weight excluding hydrogens is 357 g/mol. The fourth-order valence-corrected chi connectivity index (χ4v) is 2.52. The van der Waals surface area contributed by atoms with Crippen molar-refractivity contribution in [2.75, 3.05) is 11.9 Å². The first-order chi connectivity index (χ1) is 11.3. The van der Waals surface area contributed by atoms with Crippen molar-refractivity contribution in [3.05, 3.63) is 64.2 Å². The van der Waals surface area contributed by atoms with Crippen molar-refractivity contribution in [1.82, 2.24) is 5.32 Å². The van der Waals surface area contributed by atoms with Gasteiger partial charge in [-0.15, -0.1) is 0 Å². The van der Waals surface area contributed by atoms with Gasteiger partial charge in [-0.1, -0.05) is 35.9 Å². The molecule has 128 valence electrons. The Morgan fingerprint density at radius 2 is 1.88 bits per heavy atom. The van der Waals surface area contributed by atoms with Crippen LogP contribution in [0.5, 0.6) is 0 Å². The largest absolute Gasteiger partial charge is 0.416 e. The number of halogens is 4. The number of hydrogen-bond donors (Lipinski definition) is 2. The molecule has 2 aromatic rings. The Kier molecular flexibility index (Phi) is 6.07. The van der Waals surface area contributed by atoms with Crippen LogP contribution in [0.3, 0.4) is 0 Å². The highest BCUT2D eigenvalue weighted by Gasteiger charge is 2.30. The molecule has 2 rings (SSSR count). The first-order valence-corrected chi connectivity index (χ1v) is 8.02. The zero-order valence-electron chi connectivity index (χ0n) is 12.9. The van der Waals surface area contributed by atoms with Gasteiger partial charge in [-0.2, -0.15) is 13.2 Å². The zero-order chi connectivity index (χ0) is 17.7. The lowest BCUT2D eigenvalue weighted by Gasteiger charge is -2.13. The summed E-state index contributed by atoms with van der Waals surface area (Å²) in [7, 11) is 0. The maximum Gasteiger partial charge on any atom is 0.416 e. The van der Waals surface area contributed by atoms with E-state index in [2.05, 4.69) is 10.6 Å². The highest BCUT2D eigenvalue weighted by molar-refractivity contribution is 7.80. The van der Waals surface area contributed by atoms with E-state index in [9.17, 15) is 13.2 Å². The number of hydrogen-bond acceptors (Lipinski definition) is 1. The molecule has 0 fully saturated rings. The fourth-order valence-electron chi connectivity index (χ4n) is 2.13. The van der Waals surface area contributed by atoms with Crippen LogP contribution in [0, 0.1) is 6.92 Å². The number of anilines is 1. The summed E-state index contributed by atoms with van der Waals surface area (Å²) in [6, 6.07) is 10.7. The third-order valence-corrected chi connectivity index (χ3v) is 4.13. The summed E-state index contributed by atoms with van der Waals surface area (Å²) in [6.45, 7) is 2.29. The van der Waals surface area contributed by atoms with Crippen LogP contribution < -0.4 is 10.6 Å². The molecule has 0 spiro atoms. The summed E-state index contributed by atoms with van der Waals surface area (Å²) in [5.41, 5.74) is 1.62. The lowest BCUT2D eigenvalue weighted by molar-refractivity contribution is -0.137. The van der Waals surface area contributed by atoms with E-state index in [0.717, 1.165) is 23.4 Å². The van der Waals surface area contributed by atoms with Gasteiger partial charge in [0.2, 0.25) is 0 Å². The van der Waals surface area contributed by atoms with Gasteiger partial charge < -0.3 is 10.6 Å². The van der Waals surface area contributed by atoms with E-state index >= 15 is 0 Å². The Morgan fingerprint density at radius 1 is 1.17 bits per heavy atom. The van der Waals surface area contributed by atoms with Crippen LogP contribution in [0.25, 0.3) is 0 Å². The molecule has 0 aromatic heterocycles. The predicted octanol–water partition coefficient (Wildman–Crippen LogP) is 5.20. The standard InChI is InChI=1S/C17H16ClF3N2S/c1-11-14(18)6-3-7-15(11)23-16(24)22-9-8-12-4-2-5-13(10-12)17(19,20)21/h2-7,10H,8-9H2,1H3,(H2,22,23,24). The van der Waals surface area contributed by atoms with Gasteiger partial charge in [-0.25, -0.2) is 0 Å². The van der Waals surface area contributed by atoms with Crippen LogP contribution >= 0.6 is 23.8 Å². The SMILES string of the molecule is Cc1c(Cl)cccc1NC(=S)NCCc1cccc(C(F)(F)F)c1. The molecule has 2 N–H and O–H groups in total. The van der Waals surface area contributed by atoms with Crippen molar-refractivity contribution < 1.29 is 13.2 Å². The number of alkyl halides is 3. The van der Waals surface area contributed by atoms with Crippen LogP contribution in [-0.4, -0.2) is 11.7 Å².